The van der Waals surface area contributed by atoms with Crippen LogP contribution in [0.1, 0.15) is 18.5 Å². The molecular formula is C16H23N3O2. The van der Waals surface area contributed by atoms with Crippen LogP contribution in [0.15, 0.2) is 24.4 Å². The van der Waals surface area contributed by atoms with Crippen LogP contribution < -0.4 is 5.32 Å². The van der Waals surface area contributed by atoms with Crippen molar-refractivity contribution >= 4 is 5.91 Å². The highest BCUT2D eigenvalue weighted by Crippen LogP contribution is 2.40. The molecule has 5 heteroatoms. The summed E-state index contributed by atoms with van der Waals surface area (Å²) in [7, 11) is 2.08. The van der Waals surface area contributed by atoms with Crippen molar-refractivity contribution in [2.24, 2.45) is 5.41 Å². The number of hydrogen-bond acceptors (Lipinski definition) is 4. The van der Waals surface area contributed by atoms with Crippen molar-refractivity contribution in [1.29, 1.82) is 0 Å². The highest BCUT2D eigenvalue weighted by Gasteiger charge is 2.52. The van der Waals surface area contributed by atoms with E-state index < -0.39 is 0 Å². The Hall–Kier alpha value is -1.46. The van der Waals surface area contributed by atoms with Gasteiger partial charge in [-0.3, -0.25) is 9.78 Å². The van der Waals surface area contributed by atoms with Crippen molar-refractivity contribution in [1.82, 2.24) is 15.2 Å². The fraction of sp³-hybridized carbons (Fsp3) is 0.625. The van der Waals surface area contributed by atoms with Gasteiger partial charge in [-0.05, 0) is 32.0 Å². The average Bonchev–Trinajstić information content (AvgIpc) is 2.92. The molecule has 0 aliphatic carbocycles. The summed E-state index contributed by atoms with van der Waals surface area (Å²) in [6.07, 6.45) is 4.42. The molecule has 21 heavy (non-hydrogen) atoms. The molecule has 0 bridgehead atoms. The number of aromatic nitrogens is 1. The molecule has 3 heterocycles. The van der Waals surface area contributed by atoms with E-state index in [0.717, 1.165) is 38.0 Å². The lowest BCUT2D eigenvalue weighted by Gasteiger charge is -2.40. The number of carbonyl (C=O) groups excluding carboxylic acids is 1. The van der Waals surface area contributed by atoms with E-state index >= 15 is 0 Å². The molecule has 1 aromatic rings. The zero-order chi connectivity index (χ0) is 14.7. The van der Waals surface area contributed by atoms with Crippen LogP contribution in [-0.2, 0) is 16.0 Å². The fourth-order valence-corrected chi connectivity index (χ4v) is 3.50. The van der Waals surface area contributed by atoms with Gasteiger partial charge >= 0.3 is 0 Å². The fourth-order valence-electron chi connectivity index (χ4n) is 3.50. The number of nitrogens with zero attached hydrogens (tertiary/aromatic N) is 2. The minimum Gasteiger partial charge on any atom is -0.377 e. The predicted molar refractivity (Wildman–Crippen MR) is 79.9 cm³/mol. The highest BCUT2D eigenvalue weighted by atomic mass is 16.5. The van der Waals surface area contributed by atoms with E-state index in [4.69, 9.17) is 4.74 Å². The third-order valence-corrected chi connectivity index (χ3v) is 4.65. The summed E-state index contributed by atoms with van der Waals surface area (Å²) in [5.74, 6) is 0.146. The number of likely N-dealkylation sites (tertiary alicyclic amines) is 1. The minimum absolute atomic E-state index is 0.0866. The van der Waals surface area contributed by atoms with Crippen LogP contribution in [0.4, 0.5) is 0 Å². The van der Waals surface area contributed by atoms with Gasteiger partial charge < -0.3 is 15.0 Å². The molecule has 5 nitrogen and oxygen atoms in total. The number of pyridine rings is 1. The normalized spacial score (nSPS) is 29.1. The van der Waals surface area contributed by atoms with Crippen molar-refractivity contribution in [2.45, 2.75) is 25.4 Å². The van der Waals surface area contributed by atoms with Crippen LogP contribution in [0.2, 0.25) is 0 Å². The Kier molecular flexibility index (Phi) is 4.22. The number of rotatable bonds is 4. The van der Waals surface area contributed by atoms with Crippen molar-refractivity contribution in [3.05, 3.63) is 30.1 Å². The molecule has 2 aliphatic heterocycles. The van der Waals surface area contributed by atoms with Gasteiger partial charge in [0.1, 0.15) is 0 Å². The van der Waals surface area contributed by atoms with Gasteiger partial charge in [0.05, 0.1) is 11.5 Å². The summed E-state index contributed by atoms with van der Waals surface area (Å²) < 4.78 is 5.79. The second-order valence-corrected chi connectivity index (χ2v) is 6.12. The smallest absolute Gasteiger partial charge is 0.230 e. The second kappa shape index (κ2) is 6.12. The van der Waals surface area contributed by atoms with Crippen molar-refractivity contribution < 1.29 is 9.53 Å². The largest absolute Gasteiger partial charge is 0.377 e. The van der Waals surface area contributed by atoms with E-state index in [9.17, 15) is 4.79 Å². The third kappa shape index (κ3) is 2.94. The van der Waals surface area contributed by atoms with Gasteiger partial charge in [-0.1, -0.05) is 6.07 Å². The number of fused-ring (bicyclic) bond motifs is 1. The van der Waals surface area contributed by atoms with Crippen LogP contribution in [0.3, 0.4) is 0 Å². The second-order valence-electron chi connectivity index (χ2n) is 6.12. The molecular weight excluding hydrogens is 266 g/mol. The van der Waals surface area contributed by atoms with E-state index in [2.05, 4.69) is 22.2 Å². The van der Waals surface area contributed by atoms with Crippen molar-refractivity contribution in [2.75, 3.05) is 33.3 Å². The first kappa shape index (κ1) is 14.5. The number of piperidine rings is 1. The summed E-state index contributed by atoms with van der Waals surface area (Å²) in [5, 5.41) is 3.10. The van der Waals surface area contributed by atoms with Gasteiger partial charge in [0, 0.05) is 44.6 Å². The molecule has 0 radical (unpaired) electrons. The van der Waals surface area contributed by atoms with Gasteiger partial charge in [0.25, 0.3) is 0 Å². The zero-order valence-corrected chi connectivity index (χ0v) is 12.5. The zero-order valence-electron chi connectivity index (χ0n) is 12.5. The quantitative estimate of drug-likeness (QED) is 0.893. The van der Waals surface area contributed by atoms with Crippen LogP contribution in [-0.4, -0.2) is 55.2 Å². The maximum atomic E-state index is 12.7. The van der Waals surface area contributed by atoms with Crippen molar-refractivity contribution in [3.63, 3.8) is 0 Å². The first-order valence-corrected chi connectivity index (χ1v) is 7.69. The van der Waals surface area contributed by atoms with Gasteiger partial charge in [0.15, 0.2) is 0 Å². The molecule has 0 saturated carbocycles. The van der Waals surface area contributed by atoms with Crippen LogP contribution in [0.25, 0.3) is 0 Å². The summed E-state index contributed by atoms with van der Waals surface area (Å²) >= 11 is 0. The predicted octanol–water partition coefficient (Wildman–Crippen LogP) is 0.851. The molecule has 114 valence electrons. The standard InChI is InChI=1S/C16H23N3O2/c1-19-10-6-14-16(12-19,7-11-21-14)15(20)18-9-5-13-4-2-3-8-17-13/h2-4,8,14H,5-7,9-12H2,1H3,(H,18,20)/t14-,16+/m1/s1. The highest BCUT2D eigenvalue weighted by molar-refractivity contribution is 5.84. The summed E-state index contributed by atoms with van der Waals surface area (Å²) in [5.41, 5.74) is 0.659. The Morgan fingerprint density at radius 2 is 2.48 bits per heavy atom. The maximum absolute atomic E-state index is 12.7. The Labute approximate surface area is 125 Å². The topological polar surface area (TPSA) is 54.5 Å². The number of carbonyl (C=O) groups is 1. The molecule has 0 unspecified atom stereocenters. The Morgan fingerprint density at radius 1 is 1.57 bits per heavy atom. The molecule has 2 atom stereocenters. The maximum Gasteiger partial charge on any atom is 0.230 e. The minimum atomic E-state index is -0.350. The van der Waals surface area contributed by atoms with E-state index in [1.165, 1.54) is 0 Å². The Morgan fingerprint density at radius 3 is 3.29 bits per heavy atom. The monoisotopic (exact) mass is 289 g/mol. The number of nitrogens with one attached hydrogen (secondary N) is 1. The van der Waals surface area contributed by atoms with Crippen LogP contribution in [0, 0.1) is 5.41 Å². The van der Waals surface area contributed by atoms with Gasteiger partial charge in [-0.25, -0.2) is 0 Å². The van der Waals surface area contributed by atoms with E-state index in [1.54, 1.807) is 6.20 Å². The third-order valence-electron chi connectivity index (χ3n) is 4.65. The van der Waals surface area contributed by atoms with Gasteiger partial charge in [0.2, 0.25) is 5.91 Å². The van der Waals surface area contributed by atoms with E-state index in [-0.39, 0.29) is 17.4 Å². The van der Waals surface area contributed by atoms with Gasteiger partial charge in [-0.2, -0.15) is 0 Å². The molecule has 0 spiro atoms. The lowest BCUT2D eigenvalue weighted by molar-refractivity contribution is -0.138. The summed E-state index contributed by atoms with van der Waals surface area (Å²) in [4.78, 5) is 19.2. The molecule has 3 rings (SSSR count). The molecule has 2 saturated heterocycles. The Bertz CT molecular complexity index is 494. The summed E-state index contributed by atoms with van der Waals surface area (Å²) in [6.45, 7) is 3.14. The molecule has 1 amide bonds. The SMILES string of the molecule is CN1CC[C@H]2OCC[C@]2(C(=O)NCCc2ccccn2)C1. The summed E-state index contributed by atoms with van der Waals surface area (Å²) in [6, 6.07) is 5.86. The molecule has 0 aromatic carbocycles. The first-order chi connectivity index (χ1) is 10.2. The van der Waals surface area contributed by atoms with Crippen molar-refractivity contribution in [3.8, 4) is 0 Å². The van der Waals surface area contributed by atoms with Gasteiger partial charge in [-0.15, -0.1) is 0 Å². The van der Waals surface area contributed by atoms with E-state index in [0.29, 0.717) is 13.2 Å². The van der Waals surface area contributed by atoms with Crippen LogP contribution in [0.5, 0.6) is 0 Å². The van der Waals surface area contributed by atoms with Crippen LogP contribution >= 0.6 is 0 Å². The van der Waals surface area contributed by atoms with E-state index in [1.807, 2.05) is 18.2 Å². The number of amides is 1. The molecule has 1 N–H and O–H groups in total. The molecule has 2 aliphatic rings. The number of ether oxygens (including phenoxy) is 1. The first-order valence-electron chi connectivity index (χ1n) is 7.69. The molecule has 1 aromatic heterocycles. The lowest BCUT2D eigenvalue weighted by Crippen LogP contribution is -2.56. The lowest BCUT2D eigenvalue weighted by atomic mass is 9.76. The number of hydrogen-bond donors (Lipinski definition) is 1. The Balaban J connectivity index is 1.59. The molecule has 2 fully saturated rings. The average molecular weight is 289 g/mol.